The number of aromatic nitrogens is 1. The topological polar surface area (TPSA) is 57.3 Å². The second kappa shape index (κ2) is 9.67. The van der Waals surface area contributed by atoms with Gasteiger partial charge in [0, 0.05) is 42.8 Å². The van der Waals surface area contributed by atoms with Crippen molar-refractivity contribution < 1.29 is 4.79 Å². The molecule has 2 N–H and O–H groups in total. The standard InChI is InChI=1S/C20H28N4O/c1-4-7-13-22-20(25)16-12-14-21-19(15-16)23-17-8-10-18(11-9-17)24(5-2)6-3/h8-12,14-15H,4-7,13H2,1-3H3,(H,21,23)(H,22,25). The highest BCUT2D eigenvalue weighted by Gasteiger charge is 2.07. The number of carbonyl (C=O) groups excluding carboxylic acids is 1. The number of hydrogen-bond acceptors (Lipinski definition) is 4. The summed E-state index contributed by atoms with van der Waals surface area (Å²) < 4.78 is 0. The molecular formula is C20H28N4O. The Bertz CT molecular complexity index is 666. The van der Waals surface area contributed by atoms with Crippen LogP contribution in [-0.4, -0.2) is 30.5 Å². The maximum absolute atomic E-state index is 12.1. The minimum atomic E-state index is -0.0595. The minimum absolute atomic E-state index is 0.0595. The number of nitrogens with one attached hydrogen (secondary N) is 2. The lowest BCUT2D eigenvalue weighted by atomic mass is 10.2. The van der Waals surface area contributed by atoms with E-state index in [2.05, 4.69) is 53.4 Å². The van der Waals surface area contributed by atoms with Crippen molar-refractivity contribution in [3.8, 4) is 0 Å². The zero-order chi connectivity index (χ0) is 18.1. The van der Waals surface area contributed by atoms with Crippen LogP contribution >= 0.6 is 0 Å². The minimum Gasteiger partial charge on any atom is -0.372 e. The first-order valence-electron chi connectivity index (χ1n) is 9.04. The molecule has 0 saturated heterocycles. The number of nitrogens with zero attached hydrogens (tertiary/aromatic N) is 2. The summed E-state index contributed by atoms with van der Waals surface area (Å²) >= 11 is 0. The van der Waals surface area contributed by atoms with Gasteiger partial charge in [0.15, 0.2) is 0 Å². The Kier molecular flexibility index (Phi) is 7.26. The Labute approximate surface area is 150 Å². The van der Waals surface area contributed by atoms with E-state index in [-0.39, 0.29) is 5.91 Å². The van der Waals surface area contributed by atoms with Crippen LogP contribution in [0.15, 0.2) is 42.6 Å². The SMILES string of the molecule is CCCCNC(=O)c1ccnc(Nc2ccc(N(CC)CC)cc2)c1. The molecule has 0 radical (unpaired) electrons. The molecule has 0 aliphatic heterocycles. The van der Waals surface area contributed by atoms with E-state index < -0.39 is 0 Å². The van der Waals surface area contributed by atoms with Crippen molar-refractivity contribution in [3.05, 3.63) is 48.2 Å². The van der Waals surface area contributed by atoms with E-state index in [0.717, 1.165) is 31.6 Å². The number of unbranched alkanes of at least 4 members (excludes halogenated alkanes) is 1. The molecule has 5 heteroatoms. The first kappa shape index (κ1) is 18.8. The van der Waals surface area contributed by atoms with Gasteiger partial charge < -0.3 is 15.5 Å². The second-order valence-corrected chi connectivity index (χ2v) is 5.88. The highest BCUT2D eigenvalue weighted by atomic mass is 16.1. The zero-order valence-corrected chi connectivity index (χ0v) is 15.4. The van der Waals surface area contributed by atoms with Crippen LogP contribution in [0.4, 0.5) is 17.2 Å². The maximum Gasteiger partial charge on any atom is 0.251 e. The normalized spacial score (nSPS) is 10.4. The largest absolute Gasteiger partial charge is 0.372 e. The molecule has 0 aliphatic rings. The van der Waals surface area contributed by atoms with Crippen molar-refractivity contribution in [1.29, 1.82) is 0 Å². The van der Waals surface area contributed by atoms with Gasteiger partial charge >= 0.3 is 0 Å². The lowest BCUT2D eigenvalue weighted by Crippen LogP contribution is -2.24. The fraction of sp³-hybridized carbons (Fsp3) is 0.400. The number of anilines is 3. The van der Waals surface area contributed by atoms with Crippen LogP contribution in [0, 0.1) is 0 Å². The number of carbonyl (C=O) groups is 1. The highest BCUT2D eigenvalue weighted by Crippen LogP contribution is 2.20. The first-order valence-corrected chi connectivity index (χ1v) is 9.04. The maximum atomic E-state index is 12.1. The van der Waals surface area contributed by atoms with Gasteiger partial charge in [-0.1, -0.05) is 13.3 Å². The van der Waals surface area contributed by atoms with Crippen LogP contribution in [0.3, 0.4) is 0 Å². The molecule has 1 aromatic heterocycles. The molecule has 0 spiro atoms. The van der Waals surface area contributed by atoms with Crippen LogP contribution in [0.2, 0.25) is 0 Å². The van der Waals surface area contributed by atoms with Crippen molar-refractivity contribution in [2.45, 2.75) is 33.6 Å². The predicted octanol–water partition coefficient (Wildman–Crippen LogP) is 4.20. The molecule has 2 aromatic rings. The van der Waals surface area contributed by atoms with E-state index >= 15 is 0 Å². The van der Waals surface area contributed by atoms with Crippen LogP contribution in [0.1, 0.15) is 44.0 Å². The Morgan fingerprint density at radius 3 is 2.44 bits per heavy atom. The Morgan fingerprint density at radius 2 is 1.80 bits per heavy atom. The smallest absolute Gasteiger partial charge is 0.251 e. The quantitative estimate of drug-likeness (QED) is 0.672. The molecule has 25 heavy (non-hydrogen) atoms. The molecule has 0 saturated carbocycles. The molecule has 0 fully saturated rings. The van der Waals surface area contributed by atoms with E-state index in [9.17, 15) is 4.79 Å². The molecule has 134 valence electrons. The summed E-state index contributed by atoms with van der Waals surface area (Å²) in [4.78, 5) is 18.7. The number of benzene rings is 1. The van der Waals surface area contributed by atoms with Gasteiger partial charge in [-0.2, -0.15) is 0 Å². The van der Waals surface area contributed by atoms with Gasteiger partial charge in [-0.15, -0.1) is 0 Å². The molecule has 0 aliphatic carbocycles. The van der Waals surface area contributed by atoms with E-state index in [1.54, 1.807) is 18.3 Å². The molecule has 0 unspecified atom stereocenters. The lowest BCUT2D eigenvalue weighted by molar-refractivity contribution is 0.0953. The van der Waals surface area contributed by atoms with Gasteiger partial charge in [-0.3, -0.25) is 4.79 Å². The Hall–Kier alpha value is -2.56. The summed E-state index contributed by atoms with van der Waals surface area (Å²) in [6.45, 7) is 9.08. The van der Waals surface area contributed by atoms with Crippen LogP contribution in [0.25, 0.3) is 0 Å². The van der Waals surface area contributed by atoms with Crippen molar-refractivity contribution in [3.63, 3.8) is 0 Å². The summed E-state index contributed by atoms with van der Waals surface area (Å²) in [6.07, 6.45) is 3.70. The second-order valence-electron chi connectivity index (χ2n) is 5.88. The Balaban J connectivity index is 2.03. The zero-order valence-electron chi connectivity index (χ0n) is 15.4. The van der Waals surface area contributed by atoms with Crippen molar-refractivity contribution in [2.24, 2.45) is 0 Å². The summed E-state index contributed by atoms with van der Waals surface area (Å²) in [5.74, 6) is 0.606. The lowest BCUT2D eigenvalue weighted by Gasteiger charge is -2.21. The molecule has 0 atom stereocenters. The van der Waals surface area contributed by atoms with Crippen LogP contribution in [0.5, 0.6) is 0 Å². The predicted molar refractivity (Wildman–Crippen MR) is 105 cm³/mol. The van der Waals surface area contributed by atoms with E-state index in [0.29, 0.717) is 17.9 Å². The average Bonchev–Trinajstić information content (AvgIpc) is 2.64. The van der Waals surface area contributed by atoms with Gasteiger partial charge in [0.25, 0.3) is 5.91 Å². The molecule has 1 aromatic carbocycles. The van der Waals surface area contributed by atoms with E-state index in [1.807, 2.05) is 12.1 Å². The van der Waals surface area contributed by atoms with Crippen LogP contribution < -0.4 is 15.5 Å². The molecule has 1 amide bonds. The third-order valence-corrected chi connectivity index (χ3v) is 4.11. The van der Waals surface area contributed by atoms with Gasteiger partial charge in [-0.25, -0.2) is 4.98 Å². The first-order chi connectivity index (χ1) is 12.2. The molecular weight excluding hydrogens is 312 g/mol. The van der Waals surface area contributed by atoms with E-state index in [4.69, 9.17) is 0 Å². The molecule has 5 nitrogen and oxygen atoms in total. The summed E-state index contributed by atoms with van der Waals surface area (Å²) in [5, 5.41) is 6.18. The fourth-order valence-electron chi connectivity index (χ4n) is 2.61. The van der Waals surface area contributed by atoms with Gasteiger partial charge in [0.2, 0.25) is 0 Å². The number of pyridine rings is 1. The summed E-state index contributed by atoms with van der Waals surface area (Å²) in [7, 11) is 0. The van der Waals surface area contributed by atoms with Crippen LogP contribution in [-0.2, 0) is 0 Å². The van der Waals surface area contributed by atoms with Crippen molar-refractivity contribution >= 4 is 23.1 Å². The van der Waals surface area contributed by atoms with Crippen molar-refractivity contribution in [2.75, 3.05) is 29.9 Å². The fourth-order valence-corrected chi connectivity index (χ4v) is 2.61. The monoisotopic (exact) mass is 340 g/mol. The molecule has 2 rings (SSSR count). The van der Waals surface area contributed by atoms with Gasteiger partial charge in [0.05, 0.1) is 0 Å². The highest BCUT2D eigenvalue weighted by molar-refractivity contribution is 5.94. The number of hydrogen-bond donors (Lipinski definition) is 2. The van der Waals surface area contributed by atoms with Crippen molar-refractivity contribution in [1.82, 2.24) is 10.3 Å². The number of rotatable bonds is 9. The summed E-state index contributed by atoms with van der Waals surface area (Å²) in [5.41, 5.74) is 2.77. The molecule has 1 heterocycles. The number of amides is 1. The van der Waals surface area contributed by atoms with E-state index in [1.165, 1.54) is 5.69 Å². The van der Waals surface area contributed by atoms with Gasteiger partial charge in [-0.05, 0) is 56.7 Å². The summed E-state index contributed by atoms with van der Waals surface area (Å²) in [6, 6.07) is 11.8. The third kappa shape index (κ3) is 5.48. The van der Waals surface area contributed by atoms with Gasteiger partial charge in [0.1, 0.15) is 5.82 Å². The average molecular weight is 340 g/mol. The Morgan fingerprint density at radius 1 is 1.08 bits per heavy atom. The molecule has 0 bridgehead atoms. The third-order valence-electron chi connectivity index (χ3n) is 4.11.